The number of phenolic OH excluding ortho intramolecular Hbond substituents is 1. The van der Waals surface area contributed by atoms with Crippen molar-refractivity contribution in [3.63, 3.8) is 0 Å². The van der Waals surface area contributed by atoms with E-state index < -0.39 is 0 Å². The van der Waals surface area contributed by atoms with Crippen molar-refractivity contribution in [3.8, 4) is 5.75 Å². The lowest BCUT2D eigenvalue weighted by atomic mass is 10.1. The third-order valence-corrected chi connectivity index (χ3v) is 4.17. The molecule has 3 N–H and O–H groups in total. The molecule has 3 heterocycles. The summed E-state index contributed by atoms with van der Waals surface area (Å²) in [5.41, 5.74) is 0.803. The molecule has 25 heavy (non-hydrogen) atoms. The number of fused-ring (bicyclic) bond motifs is 1. The fourth-order valence-corrected chi connectivity index (χ4v) is 2.76. The molecule has 0 saturated carbocycles. The summed E-state index contributed by atoms with van der Waals surface area (Å²) in [6.45, 7) is 2.50. The number of aromatic nitrogens is 2. The first-order chi connectivity index (χ1) is 12.2. The number of aromatic hydroxyl groups is 1. The molecule has 0 unspecified atom stereocenters. The number of nitrogens with one attached hydrogen (secondary N) is 2. The third kappa shape index (κ3) is 5.05. The zero-order chi connectivity index (χ0) is 17.5. The Morgan fingerprint density at radius 2 is 1.84 bits per heavy atom. The van der Waals surface area contributed by atoms with Gasteiger partial charge in [0.05, 0.1) is 11.9 Å². The summed E-state index contributed by atoms with van der Waals surface area (Å²) < 4.78 is 0. The van der Waals surface area contributed by atoms with Crippen LogP contribution >= 0.6 is 11.6 Å². The Balaban J connectivity index is 0.000000258. The summed E-state index contributed by atoms with van der Waals surface area (Å²) in [6, 6.07) is 10.5. The van der Waals surface area contributed by atoms with Crippen LogP contribution in [-0.4, -0.2) is 28.2 Å². The topological polar surface area (TPSA) is 70.1 Å². The molecular weight excluding hydrogens is 336 g/mol. The van der Waals surface area contributed by atoms with Gasteiger partial charge in [-0.15, -0.1) is 0 Å². The maximum absolute atomic E-state index is 9.48. The van der Waals surface area contributed by atoms with Gasteiger partial charge in [0.1, 0.15) is 16.7 Å². The first-order valence-electron chi connectivity index (χ1n) is 8.39. The molecule has 2 aromatic heterocycles. The number of piperidine rings is 1. The van der Waals surface area contributed by atoms with Crippen LogP contribution in [0.1, 0.15) is 19.3 Å². The maximum atomic E-state index is 9.48. The van der Waals surface area contributed by atoms with E-state index in [0.29, 0.717) is 11.0 Å². The van der Waals surface area contributed by atoms with Crippen molar-refractivity contribution in [1.29, 1.82) is 0 Å². The predicted octanol–water partition coefficient (Wildman–Crippen LogP) is 4.49. The SMILES string of the molecule is C1CCNCC1.Oc1ccc2c(Nc3ccc(Cl)nc3)nccc2c1. The highest BCUT2D eigenvalue weighted by Gasteiger charge is 2.04. The summed E-state index contributed by atoms with van der Waals surface area (Å²) in [5.74, 6) is 0.944. The molecule has 1 aromatic carbocycles. The van der Waals surface area contributed by atoms with Gasteiger partial charge in [-0.05, 0) is 67.7 Å². The van der Waals surface area contributed by atoms with Gasteiger partial charge in [0.2, 0.25) is 0 Å². The molecule has 4 rings (SSSR count). The molecule has 0 bridgehead atoms. The number of nitrogens with zero attached hydrogens (tertiary/aromatic N) is 2. The van der Waals surface area contributed by atoms with E-state index in [1.54, 1.807) is 30.6 Å². The molecule has 0 radical (unpaired) electrons. The average Bonchev–Trinajstić information content (AvgIpc) is 2.65. The van der Waals surface area contributed by atoms with Crippen molar-refractivity contribution in [3.05, 3.63) is 53.9 Å². The fourth-order valence-electron chi connectivity index (χ4n) is 2.65. The van der Waals surface area contributed by atoms with Gasteiger partial charge in [-0.25, -0.2) is 9.97 Å². The van der Waals surface area contributed by atoms with Gasteiger partial charge in [-0.1, -0.05) is 18.0 Å². The Hall–Kier alpha value is -2.37. The molecule has 0 amide bonds. The van der Waals surface area contributed by atoms with Gasteiger partial charge in [-0.2, -0.15) is 0 Å². The number of rotatable bonds is 2. The molecule has 0 spiro atoms. The molecule has 5 nitrogen and oxygen atoms in total. The van der Waals surface area contributed by atoms with Crippen LogP contribution in [0.2, 0.25) is 5.15 Å². The van der Waals surface area contributed by atoms with Crippen molar-refractivity contribution in [2.24, 2.45) is 0 Å². The normalized spacial score (nSPS) is 13.8. The van der Waals surface area contributed by atoms with Crippen molar-refractivity contribution in [2.75, 3.05) is 18.4 Å². The summed E-state index contributed by atoms with van der Waals surface area (Å²) in [4.78, 5) is 8.31. The standard InChI is InChI=1S/C14H10ClN3O.C5H11N/c15-13-4-1-10(8-17-13)18-14-12-3-2-11(19)7-9(12)5-6-16-14;1-2-4-6-5-3-1/h1-8,19H,(H,16,18);6H,1-5H2. The van der Waals surface area contributed by atoms with E-state index in [2.05, 4.69) is 20.6 Å². The van der Waals surface area contributed by atoms with Crippen LogP contribution in [-0.2, 0) is 0 Å². The fraction of sp³-hybridized carbons (Fsp3) is 0.263. The van der Waals surface area contributed by atoms with Gasteiger partial charge < -0.3 is 15.7 Å². The number of benzene rings is 1. The van der Waals surface area contributed by atoms with Gasteiger partial charge >= 0.3 is 0 Å². The van der Waals surface area contributed by atoms with E-state index in [9.17, 15) is 5.11 Å². The van der Waals surface area contributed by atoms with Gasteiger partial charge in [0.25, 0.3) is 0 Å². The third-order valence-electron chi connectivity index (χ3n) is 3.95. The highest BCUT2D eigenvalue weighted by atomic mass is 35.5. The van der Waals surface area contributed by atoms with Crippen molar-refractivity contribution in [1.82, 2.24) is 15.3 Å². The van der Waals surface area contributed by atoms with Crippen molar-refractivity contribution in [2.45, 2.75) is 19.3 Å². The minimum Gasteiger partial charge on any atom is -0.508 e. The molecule has 1 saturated heterocycles. The number of pyridine rings is 2. The second kappa shape index (κ2) is 8.65. The molecule has 3 aromatic rings. The number of hydrogen-bond acceptors (Lipinski definition) is 5. The first-order valence-corrected chi connectivity index (χ1v) is 8.77. The maximum Gasteiger partial charge on any atom is 0.138 e. The van der Waals surface area contributed by atoms with E-state index in [0.717, 1.165) is 16.5 Å². The van der Waals surface area contributed by atoms with E-state index in [4.69, 9.17) is 11.6 Å². The molecule has 1 aliphatic rings. The molecular formula is C19H21ClN4O. The minimum atomic E-state index is 0.234. The smallest absolute Gasteiger partial charge is 0.138 e. The van der Waals surface area contributed by atoms with E-state index in [1.807, 2.05) is 18.2 Å². The van der Waals surface area contributed by atoms with Crippen LogP contribution in [0.3, 0.4) is 0 Å². The highest BCUT2D eigenvalue weighted by Crippen LogP contribution is 2.26. The summed E-state index contributed by atoms with van der Waals surface area (Å²) >= 11 is 5.74. The Kier molecular flexibility index (Phi) is 6.04. The molecule has 1 fully saturated rings. The second-order valence-corrected chi connectivity index (χ2v) is 6.26. The zero-order valence-electron chi connectivity index (χ0n) is 13.9. The van der Waals surface area contributed by atoms with Crippen LogP contribution in [0.4, 0.5) is 11.5 Å². The molecule has 1 aliphatic heterocycles. The van der Waals surface area contributed by atoms with Gasteiger partial charge in [0.15, 0.2) is 0 Å². The predicted molar refractivity (Wildman–Crippen MR) is 103 cm³/mol. The lowest BCUT2D eigenvalue weighted by Gasteiger charge is -2.08. The Bertz CT molecular complexity index is 808. The lowest BCUT2D eigenvalue weighted by Crippen LogP contribution is -2.21. The molecule has 6 heteroatoms. The van der Waals surface area contributed by atoms with Crippen molar-refractivity contribution < 1.29 is 5.11 Å². The molecule has 0 aliphatic carbocycles. The van der Waals surface area contributed by atoms with E-state index in [1.165, 1.54) is 32.4 Å². The van der Waals surface area contributed by atoms with Crippen LogP contribution in [0.15, 0.2) is 48.8 Å². The summed E-state index contributed by atoms with van der Waals surface area (Å²) in [5, 5.41) is 18.2. The quantitative estimate of drug-likeness (QED) is 0.590. The second-order valence-electron chi connectivity index (χ2n) is 5.87. The Morgan fingerprint density at radius 3 is 2.48 bits per heavy atom. The zero-order valence-corrected chi connectivity index (χ0v) is 14.6. The number of hydrogen-bond donors (Lipinski definition) is 3. The van der Waals surface area contributed by atoms with Crippen molar-refractivity contribution >= 4 is 33.9 Å². The van der Waals surface area contributed by atoms with Gasteiger partial charge in [-0.3, -0.25) is 0 Å². The van der Waals surface area contributed by atoms with Crippen LogP contribution in [0.5, 0.6) is 5.75 Å². The number of phenols is 1. The van der Waals surface area contributed by atoms with Crippen LogP contribution < -0.4 is 10.6 Å². The molecule has 0 atom stereocenters. The van der Waals surface area contributed by atoms with E-state index >= 15 is 0 Å². The minimum absolute atomic E-state index is 0.234. The average molecular weight is 357 g/mol. The molecule has 130 valence electrons. The Morgan fingerprint density at radius 1 is 1.00 bits per heavy atom. The summed E-state index contributed by atoms with van der Waals surface area (Å²) in [7, 11) is 0. The number of halogens is 1. The summed E-state index contributed by atoms with van der Waals surface area (Å²) in [6.07, 6.45) is 7.55. The lowest BCUT2D eigenvalue weighted by molar-refractivity contribution is 0.476. The van der Waals surface area contributed by atoms with E-state index in [-0.39, 0.29) is 5.75 Å². The largest absolute Gasteiger partial charge is 0.508 e. The van der Waals surface area contributed by atoms with Crippen LogP contribution in [0.25, 0.3) is 10.8 Å². The highest BCUT2D eigenvalue weighted by molar-refractivity contribution is 6.29. The van der Waals surface area contributed by atoms with Gasteiger partial charge in [0, 0.05) is 11.6 Å². The Labute approximate surface area is 152 Å². The monoisotopic (exact) mass is 356 g/mol. The van der Waals surface area contributed by atoms with Crippen LogP contribution in [0, 0.1) is 0 Å². The first kappa shape index (κ1) is 17.5. The number of anilines is 2.